The van der Waals surface area contributed by atoms with E-state index >= 15 is 0 Å². The minimum Gasteiger partial charge on any atom is -0.460 e. The highest BCUT2D eigenvalue weighted by Crippen LogP contribution is 2.38. The molecule has 72 heavy (non-hydrogen) atoms. The first-order chi connectivity index (χ1) is 34.1. The SMILES string of the molecule is CO[C@H]1C[C@@H]2CC[C@@H](C)[C@@](O)(O2)C(=O)C(=O)N2CCCC[C@H]2C(=O)O[C@H]([C@H](C)CC2CC[C@H](OC(=O)N[C@H](C)CO)[C@@H](OC)C2)CC(=O)[C@H](C)/C=C(\C)[C@@H](O)[C@@H](OC)C(=O)[C@H](C)C[C@H](C)\C=C/C=C/C=C/1C. The maximum absolute atomic E-state index is 14.5. The molecule has 1 unspecified atom stereocenters. The van der Waals surface area contributed by atoms with E-state index in [-0.39, 0.29) is 49.4 Å². The van der Waals surface area contributed by atoms with Crippen LogP contribution in [0.15, 0.2) is 47.6 Å². The summed E-state index contributed by atoms with van der Waals surface area (Å²) in [5, 5.41) is 35.5. The molecule has 3 heterocycles. The average Bonchev–Trinajstić information content (AvgIpc) is 3.35. The number of nitrogens with one attached hydrogen (secondary N) is 1. The molecular formula is C55H86N2O15. The number of allylic oxidation sites excluding steroid dienone is 6. The fourth-order valence-electron chi connectivity index (χ4n) is 10.7. The lowest BCUT2D eigenvalue weighted by Gasteiger charge is -2.42. The monoisotopic (exact) mass is 1010 g/mol. The minimum absolute atomic E-state index is 0.000230. The molecule has 4 aliphatic rings. The van der Waals surface area contributed by atoms with Crippen molar-refractivity contribution in [1.82, 2.24) is 10.2 Å². The topological polar surface area (TPSA) is 234 Å². The molecule has 0 aromatic carbocycles. The Hall–Kier alpha value is -4.10. The Morgan fingerprint density at radius 3 is 2.26 bits per heavy atom. The van der Waals surface area contributed by atoms with Crippen molar-refractivity contribution in [2.45, 2.75) is 193 Å². The third-order valence-electron chi connectivity index (χ3n) is 15.3. The molecule has 4 rings (SSSR count). The Kier molecular flexibility index (Phi) is 24.0. The highest BCUT2D eigenvalue weighted by molar-refractivity contribution is 6.39. The van der Waals surface area contributed by atoms with Gasteiger partial charge >= 0.3 is 12.1 Å². The van der Waals surface area contributed by atoms with Gasteiger partial charge in [-0.2, -0.15) is 0 Å². The van der Waals surface area contributed by atoms with E-state index in [0.717, 1.165) is 5.57 Å². The maximum Gasteiger partial charge on any atom is 0.407 e. The van der Waals surface area contributed by atoms with Crippen LogP contribution >= 0.6 is 0 Å². The predicted molar refractivity (Wildman–Crippen MR) is 269 cm³/mol. The number of hydrogen-bond acceptors (Lipinski definition) is 15. The summed E-state index contributed by atoms with van der Waals surface area (Å²) in [7, 11) is 4.47. The Bertz CT molecular complexity index is 1970. The molecule has 2 amide bonds. The summed E-state index contributed by atoms with van der Waals surface area (Å²) in [6, 6.07) is -1.68. The van der Waals surface area contributed by atoms with Gasteiger partial charge < -0.3 is 54.0 Å². The lowest BCUT2D eigenvalue weighted by atomic mass is 9.78. The van der Waals surface area contributed by atoms with E-state index in [0.29, 0.717) is 69.8 Å². The van der Waals surface area contributed by atoms with Crippen molar-refractivity contribution < 1.29 is 72.5 Å². The lowest BCUT2D eigenvalue weighted by molar-refractivity contribution is -0.265. The number of amides is 2. The second-order valence-electron chi connectivity index (χ2n) is 21.2. The zero-order valence-corrected chi connectivity index (χ0v) is 44.7. The molecule has 4 N–H and O–H groups in total. The molecule has 3 fully saturated rings. The van der Waals surface area contributed by atoms with Crippen LogP contribution in [0.3, 0.4) is 0 Å². The standard InChI is InChI=1S/C55H86N2O15/c1-32-17-13-12-14-18-33(2)45(67-9)29-41-22-20-38(7)55(66,72-41)51(62)52(63)57-24-16-15-19-42(57)53(64)70-46(30-43(59)34(3)26-37(6)49(61)50(69-11)48(60)36(5)25-32)35(4)27-40-21-23-44(47(28-40)68-10)71-54(65)56-39(8)31-58/h12-14,17-18,26,32,34-36,38-42,44-47,49-50,58,61,66H,15-16,19-25,27-31H2,1-11H3,(H,56,65)/b14-12+,17-13-,33-18+,37-26+/t32-,34-,35-,36-,38-,39-,40?,41+,42+,44+,45+,46+,47+,49-,50+,55-/m1/s1. The first-order valence-electron chi connectivity index (χ1n) is 26.2. The highest BCUT2D eigenvalue weighted by atomic mass is 16.6. The van der Waals surface area contributed by atoms with E-state index in [1.807, 2.05) is 51.2 Å². The number of nitrogens with zero attached hydrogens (tertiary/aromatic N) is 1. The Morgan fingerprint density at radius 2 is 1.60 bits per heavy atom. The number of cyclic esters (lactones) is 1. The molecule has 2 bridgehead atoms. The smallest absolute Gasteiger partial charge is 0.407 e. The minimum atomic E-state index is -2.46. The Morgan fingerprint density at radius 1 is 0.875 bits per heavy atom. The highest BCUT2D eigenvalue weighted by Gasteiger charge is 2.53. The van der Waals surface area contributed by atoms with E-state index < -0.39 is 108 Å². The fourth-order valence-corrected chi connectivity index (χ4v) is 10.7. The number of hydrogen-bond donors (Lipinski definition) is 4. The van der Waals surface area contributed by atoms with Gasteiger partial charge in [0.2, 0.25) is 5.79 Å². The molecule has 17 heteroatoms. The van der Waals surface area contributed by atoms with Crippen molar-refractivity contribution in [3.8, 4) is 0 Å². The number of aliphatic hydroxyl groups is 3. The number of piperidine rings is 1. The van der Waals surface area contributed by atoms with Crippen LogP contribution in [0, 0.1) is 35.5 Å². The first-order valence-corrected chi connectivity index (χ1v) is 26.2. The number of esters is 1. The van der Waals surface area contributed by atoms with Crippen LogP contribution in [-0.4, -0.2) is 151 Å². The van der Waals surface area contributed by atoms with Crippen LogP contribution in [0.4, 0.5) is 4.79 Å². The van der Waals surface area contributed by atoms with E-state index in [1.165, 1.54) is 19.1 Å². The second-order valence-corrected chi connectivity index (χ2v) is 21.2. The van der Waals surface area contributed by atoms with Crippen LogP contribution in [0.25, 0.3) is 0 Å². The zero-order valence-electron chi connectivity index (χ0n) is 44.7. The molecule has 0 aromatic rings. The number of aliphatic hydroxyl groups excluding tert-OH is 2. The molecule has 17 nitrogen and oxygen atoms in total. The Labute approximate surface area is 427 Å². The van der Waals surface area contributed by atoms with Crippen LogP contribution in [0.1, 0.15) is 132 Å². The summed E-state index contributed by atoms with van der Waals surface area (Å²) in [6.07, 6.45) is 9.69. The van der Waals surface area contributed by atoms with Crippen LogP contribution in [0.5, 0.6) is 0 Å². The third-order valence-corrected chi connectivity index (χ3v) is 15.3. The van der Waals surface area contributed by atoms with Crippen LogP contribution in [-0.2, 0) is 52.4 Å². The number of Topliss-reactive ketones (excluding diaryl/α,β-unsaturated/α-hetero) is 3. The lowest BCUT2D eigenvalue weighted by Crippen LogP contribution is -2.61. The van der Waals surface area contributed by atoms with Crippen LogP contribution < -0.4 is 5.32 Å². The number of carbonyl (C=O) groups is 6. The molecular weight excluding hydrogens is 929 g/mol. The van der Waals surface area contributed by atoms with Gasteiger partial charge in [-0.25, -0.2) is 9.59 Å². The summed E-state index contributed by atoms with van der Waals surface area (Å²) in [6.45, 7) is 14.0. The predicted octanol–water partition coefficient (Wildman–Crippen LogP) is 6.30. The summed E-state index contributed by atoms with van der Waals surface area (Å²) in [5.41, 5.74) is 1.23. The maximum atomic E-state index is 14.5. The van der Waals surface area contributed by atoms with Crippen LogP contribution in [0.2, 0.25) is 0 Å². The van der Waals surface area contributed by atoms with Crippen molar-refractivity contribution in [3.05, 3.63) is 47.6 Å². The van der Waals surface area contributed by atoms with Crippen molar-refractivity contribution in [2.75, 3.05) is 34.5 Å². The summed E-state index contributed by atoms with van der Waals surface area (Å²) in [5.74, 6) is -8.42. The summed E-state index contributed by atoms with van der Waals surface area (Å²) < 4.78 is 35.4. The van der Waals surface area contributed by atoms with Crippen molar-refractivity contribution in [2.24, 2.45) is 35.5 Å². The van der Waals surface area contributed by atoms with E-state index in [9.17, 15) is 44.1 Å². The molecule has 0 radical (unpaired) electrons. The molecule has 406 valence electrons. The number of ether oxygens (including phenoxy) is 6. The molecule has 2 saturated heterocycles. The molecule has 3 aliphatic heterocycles. The summed E-state index contributed by atoms with van der Waals surface area (Å²) in [4.78, 5) is 84.9. The quantitative estimate of drug-likeness (QED) is 0.113. The van der Waals surface area contributed by atoms with Gasteiger partial charge in [0.1, 0.15) is 36.2 Å². The van der Waals surface area contributed by atoms with Gasteiger partial charge in [-0.05, 0) is 114 Å². The van der Waals surface area contributed by atoms with E-state index in [4.69, 9.17) is 28.4 Å². The van der Waals surface area contributed by atoms with Gasteiger partial charge in [-0.15, -0.1) is 0 Å². The number of alkyl carbamates (subject to hydrolysis) is 1. The largest absolute Gasteiger partial charge is 0.460 e. The van der Waals surface area contributed by atoms with Gasteiger partial charge in [0.05, 0.1) is 31.0 Å². The Balaban J connectivity index is 1.68. The molecule has 1 aliphatic carbocycles. The van der Waals surface area contributed by atoms with Crippen molar-refractivity contribution in [3.63, 3.8) is 0 Å². The van der Waals surface area contributed by atoms with E-state index in [2.05, 4.69) is 5.32 Å². The first kappa shape index (κ1) is 60.5. The van der Waals surface area contributed by atoms with E-state index in [1.54, 1.807) is 47.8 Å². The normalized spacial score (nSPS) is 37.9. The van der Waals surface area contributed by atoms with Crippen molar-refractivity contribution in [1.29, 1.82) is 0 Å². The average molecular weight is 1020 g/mol. The number of carbonyl (C=O) groups excluding carboxylic acids is 6. The van der Waals surface area contributed by atoms with Crippen molar-refractivity contribution >= 4 is 35.3 Å². The second kappa shape index (κ2) is 28.5. The van der Waals surface area contributed by atoms with Gasteiger partial charge in [0, 0.05) is 58.5 Å². The molecule has 0 aromatic heterocycles. The number of fused-ring (bicyclic) bond motifs is 3. The van der Waals surface area contributed by atoms with Gasteiger partial charge in [0.15, 0.2) is 5.78 Å². The molecule has 0 spiro atoms. The number of rotatable bonds is 9. The number of ketones is 3. The van der Waals surface area contributed by atoms with Gasteiger partial charge in [-0.1, -0.05) is 71.1 Å². The third kappa shape index (κ3) is 16.4. The number of methoxy groups -OCH3 is 3. The zero-order chi connectivity index (χ0) is 53.4. The summed E-state index contributed by atoms with van der Waals surface area (Å²) >= 11 is 0. The van der Waals surface area contributed by atoms with Gasteiger partial charge in [0.25, 0.3) is 11.7 Å². The molecule has 16 atom stereocenters. The molecule has 1 saturated carbocycles. The van der Waals surface area contributed by atoms with Gasteiger partial charge in [-0.3, -0.25) is 19.2 Å². The fraction of sp³-hybridized carbons (Fsp3) is 0.745.